The van der Waals surface area contributed by atoms with Crippen molar-refractivity contribution in [2.75, 3.05) is 24.7 Å². The molecule has 0 aliphatic carbocycles. The van der Waals surface area contributed by atoms with Gasteiger partial charge in [0.2, 0.25) is 5.91 Å². The molecule has 2 heterocycles. The minimum atomic E-state index is -3.66. The van der Waals surface area contributed by atoms with Gasteiger partial charge in [-0.3, -0.25) is 9.59 Å². The molecular formula is C17H21NO6S. The molecule has 0 bridgehead atoms. The van der Waals surface area contributed by atoms with Crippen LogP contribution in [0, 0.1) is 0 Å². The minimum absolute atomic E-state index is 0.0405. The first-order valence-electron chi connectivity index (χ1n) is 8.27. The van der Waals surface area contributed by atoms with Gasteiger partial charge >= 0.3 is 5.97 Å². The number of nitrogens with zero attached hydrogens (tertiary/aromatic N) is 1. The summed E-state index contributed by atoms with van der Waals surface area (Å²) in [6.07, 6.45) is 0.766. The number of hydrogen-bond donors (Lipinski definition) is 1. The van der Waals surface area contributed by atoms with E-state index < -0.39 is 38.1 Å². The molecule has 0 spiro atoms. The fourth-order valence-corrected chi connectivity index (χ4v) is 5.32. The van der Waals surface area contributed by atoms with Crippen LogP contribution in [-0.2, 0) is 24.2 Å². The number of amides is 1. The van der Waals surface area contributed by atoms with Gasteiger partial charge in [-0.15, -0.1) is 0 Å². The predicted octanol–water partition coefficient (Wildman–Crippen LogP) is 1.18. The maximum Gasteiger partial charge on any atom is 0.312 e. The summed E-state index contributed by atoms with van der Waals surface area (Å²) >= 11 is 0. The lowest BCUT2D eigenvalue weighted by Crippen LogP contribution is -2.45. The van der Waals surface area contributed by atoms with Crippen LogP contribution in [0.5, 0.6) is 0 Å². The number of rotatable bonds is 4. The van der Waals surface area contributed by atoms with E-state index in [0.29, 0.717) is 37.3 Å². The van der Waals surface area contributed by atoms with Gasteiger partial charge in [0.25, 0.3) is 0 Å². The Morgan fingerprint density at radius 2 is 1.88 bits per heavy atom. The first-order valence-corrected chi connectivity index (χ1v) is 9.88. The van der Waals surface area contributed by atoms with Gasteiger partial charge < -0.3 is 14.7 Å². The molecule has 1 N–H and O–H groups in total. The summed E-state index contributed by atoms with van der Waals surface area (Å²) in [6.45, 7) is 2.10. The molecule has 0 aromatic heterocycles. The van der Waals surface area contributed by atoms with Gasteiger partial charge in [-0.1, -0.05) is 18.2 Å². The average Bonchev–Trinajstić information content (AvgIpc) is 3.01. The van der Waals surface area contributed by atoms with E-state index in [9.17, 15) is 23.1 Å². The zero-order valence-corrected chi connectivity index (χ0v) is 14.7. The molecule has 1 aromatic rings. The highest BCUT2D eigenvalue weighted by molar-refractivity contribution is 7.93. The third-order valence-corrected chi connectivity index (χ3v) is 7.59. The van der Waals surface area contributed by atoms with Gasteiger partial charge in [0.1, 0.15) is 11.2 Å². The Hall–Kier alpha value is -1.93. The molecule has 3 rings (SSSR count). The number of benzene rings is 1. The van der Waals surface area contributed by atoms with Crippen molar-refractivity contribution in [2.24, 2.45) is 0 Å². The molecule has 1 aromatic carbocycles. The van der Waals surface area contributed by atoms with Gasteiger partial charge in [-0.05, 0) is 31.4 Å². The van der Waals surface area contributed by atoms with Crippen LogP contribution in [0.15, 0.2) is 24.3 Å². The zero-order chi connectivity index (χ0) is 18.2. The number of aliphatic carboxylic acids is 1. The first kappa shape index (κ1) is 17.9. The summed E-state index contributed by atoms with van der Waals surface area (Å²) in [5.41, 5.74) is 1.02. The second kappa shape index (κ2) is 6.76. The average molecular weight is 367 g/mol. The first-order chi connectivity index (χ1) is 11.8. The van der Waals surface area contributed by atoms with Crippen molar-refractivity contribution < 1.29 is 27.9 Å². The Morgan fingerprint density at radius 3 is 2.52 bits per heavy atom. The highest BCUT2D eigenvalue weighted by Crippen LogP contribution is 2.37. The van der Waals surface area contributed by atoms with Crippen LogP contribution >= 0.6 is 0 Å². The van der Waals surface area contributed by atoms with Crippen LogP contribution in [0.4, 0.5) is 5.69 Å². The Morgan fingerprint density at radius 1 is 1.24 bits per heavy atom. The van der Waals surface area contributed by atoms with Crippen LogP contribution in [0.2, 0.25) is 0 Å². The molecule has 0 radical (unpaired) electrons. The van der Waals surface area contributed by atoms with E-state index in [2.05, 4.69) is 0 Å². The second-order valence-corrected chi connectivity index (χ2v) is 8.99. The molecule has 2 atom stereocenters. The van der Waals surface area contributed by atoms with Gasteiger partial charge in [-0.2, -0.15) is 0 Å². The highest BCUT2D eigenvalue weighted by Gasteiger charge is 2.43. The second-order valence-electron chi connectivity index (χ2n) is 6.44. The van der Waals surface area contributed by atoms with Crippen molar-refractivity contribution in [3.63, 3.8) is 0 Å². The lowest BCUT2D eigenvalue weighted by atomic mass is 10.0. The summed E-state index contributed by atoms with van der Waals surface area (Å²) in [5, 5.41) is 7.59. The van der Waals surface area contributed by atoms with Crippen LogP contribution in [0.1, 0.15) is 31.2 Å². The smallest absolute Gasteiger partial charge is 0.312 e. The van der Waals surface area contributed by atoms with Crippen LogP contribution < -0.4 is 4.90 Å². The van der Waals surface area contributed by atoms with E-state index in [0.717, 1.165) is 0 Å². The number of anilines is 1. The highest BCUT2D eigenvalue weighted by atomic mass is 32.2. The Balaban J connectivity index is 1.87. The number of carbonyl (C=O) groups is 2. The van der Waals surface area contributed by atoms with Crippen molar-refractivity contribution in [2.45, 2.75) is 36.2 Å². The fourth-order valence-electron chi connectivity index (χ4n) is 3.48. The van der Waals surface area contributed by atoms with Crippen LogP contribution in [-0.4, -0.2) is 55.7 Å². The van der Waals surface area contributed by atoms with Gasteiger partial charge in [0, 0.05) is 25.4 Å². The van der Waals surface area contributed by atoms with Crippen LogP contribution in [0.25, 0.3) is 0 Å². The fraction of sp³-hybridized carbons (Fsp3) is 0.529. The van der Waals surface area contributed by atoms with E-state index in [4.69, 9.17) is 4.74 Å². The van der Waals surface area contributed by atoms with E-state index >= 15 is 0 Å². The number of carboxylic acid groups (broad SMARTS) is 1. The monoisotopic (exact) mass is 367 g/mol. The summed E-state index contributed by atoms with van der Waals surface area (Å²) in [7, 11) is -3.66. The number of sulfone groups is 1. The predicted molar refractivity (Wildman–Crippen MR) is 91.4 cm³/mol. The van der Waals surface area contributed by atoms with Crippen molar-refractivity contribution >= 4 is 27.4 Å². The lowest BCUT2D eigenvalue weighted by molar-refractivity contribution is -0.138. The molecule has 7 nitrogen and oxygen atoms in total. The molecule has 2 unspecified atom stereocenters. The van der Waals surface area contributed by atoms with E-state index in [1.165, 1.54) is 11.8 Å². The van der Waals surface area contributed by atoms with Crippen LogP contribution in [0.3, 0.4) is 0 Å². The number of para-hydroxylation sites is 1. The van der Waals surface area contributed by atoms with E-state index in [1.807, 2.05) is 0 Å². The van der Waals surface area contributed by atoms with E-state index in [-0.39, 0.29) is 6.54 Å². The molecule has 8 heteroatoms. The molecular weight excluding hydrogens is 346 g/mol. The quantitative estimate of drug-likeness (QED) is 0.858. The number of carbonyl (C=O) groups excluding carboxylic acids is 1. The zero-order valence-electron chi connectivity index (χ0n) is 13.9. The number of hydrogen-bond acceptors (Lipinski definition) is 5. The van der Waals surface area contributed by atoms with Crippen molar-refractivity contribution in [3.8, 4) is 0 Å². The Bertz CT molecular complexity index is 784. The summed E-state index contributed by atoms with van der Waals surface area (Å²) in [5.74, 6) is -2.43. The van der Waals surface area contributed by atoms with Crippen molar-refractivity contribution in [3.05, 3.63) is 29.8 Å². The van der Waals surface area contributed by atoms with Gasteiger partial charge in [0.15, 0.2) is 9.84 Å². The molecule has 1 amide bonds. The Kier molecular flexibility index (Phi) is 4.83. The SMILES string of the molecule is CC(C(=O)N1CC(C(=O)O)c2ccccc21)S(=O)(=O)C1CCOCC1. The molecule has 0 saturated carbocycles. The number of ether oxygens (including phenoxy) is 1. The maximum atomic E-state index is 12.9. The normalized spacial score (nSPS) is 22.4. The van der Waals surface area contributed by atoms with E-state index in [1.54, 1.807) is 24.3 Å². The number of fused-ring (bicyclic) bond motifs is 1. The maximum absolute atomic E-state index is 12.9. The molecule has 25 heavy (non-hydrogen) atoms. The lowest BCUT2D eigenvalue weighted by Gasteiger charge is -2.27. The molecule has 2 aliphatic rings. The molecule has 2 aliphatic heterocycles. The van der Waals surface area contributed by atoms with Crippen molar-refractivity contribution in [1.29, 1.82) is 0 Å². The summed E-state index contributed by atoms with van der Waals surface area (Å²) < 4.78 is 30.8. The van der Waals surface area contributed by atoms with Gasteiger partial charge in [-0.25, -0.2) is 8.42 Å². The third-order valence-electron chi connectivity index (χ3n) is 5.01. The number of carboxylic acids is 1. The minimum Gasteiger partial charge on any atom is -0.481 e. The molecule has 1 fully saturated rings. The standard InChI is InChI=1S/C17H21NO6S/c1-11(25(22,23)12-6-8-24-9-7-12)16(19)18-10-14(17(20)21)13-4-2-3-5-15(13)18/h2-5,11-12,14H,6-10H2,1H3,(H,20,21). The summed E-state index contributed by atoms with van der Waals surface area (Å²) in [6, 6.07) is 6.74. The Labute approximate surface area is 146 Å². The van der Waals surface area contributed by atoms with Crippen molar-refractivity contribution in [1.82, 2.24) is 0 Å². The largest absolute Gasteiger partial charge is 0.481 e. The molecule has 1 saturated heterocycles. The topological polar surface area (TPSA) is 101 Å². The molecule has 136 valence electrons. The third kappa shape index (κ3) is 3.16. The van der Waals surface area contributed by atoms with Gasteiger partial charge in [0.05, 0.1) is 5.25 Å². The summed E-state index contributed by atoms with van der Waals surface area (Å²) in [4.78, 5) is 25.7.